The molecule has 3 heterocycles. The lowest BCUT2D eigenvalue weighted by atomic mass is 9.77. The summed E-state index contributed by atoms with van der Waals surface area (Å²) in [6, 6.07) is 0. The zero-order valence-corrected chi connectivity index (χ0v) is 15.9. The summed E-state index contributed by atoms with van der Waals surface area (Å²) in [5.74, 6) is 0. The molecule has 6 nitrogen and oxygen atoms in total. The van der Waals surface area contributed by atoms with Crippen molar-refractivity contribution in [2.75, 3.05) is 32.8 Å². The number of rotatable bonds is 4. The molecule has 0 aromatic carbocycles. The highest BCUT2D eigenvalue weighted by Crippen LogP contribution is 2.36. The molecule has 0 unspecified atom stereocenters. The zero-order chi connectivity index (χ0) is 17.5. The third kappa shape index (κ3) is 3.27. The second kappa shape index (κ2) is 6.44. The van der Waals surface area contributed by atoms with E-state index >= 15 is 0 Å². The molecule has 0 atom stereocenters. The normalized spacial score (nSPS) is 23.8. The Balaban J connectivity index is 1.73. The van der Waals surface area contributed by atoms with E-state index in [-0.39, 0.29) is 18.3 Å². The number of hydrogen-bond donors (Lipinski definition) is 0. The lowest BCUT2D eigenvalue weighted by Gasteiger charge is -2.32. The molecule has 7 heteroatoms. The predicted octanol–water partition coefficient (Wildman–Crippen LogP) is 1.13. The van der Waals surface area contributed by atoms with Crippen molar-refractivity contribution >= 4 is 12.6 Å². The van der Waals surface area contributed by atoms with Gasteiger partial charge in [0.05, 0.1) is 36.7 Å². The summed E-state index contributed by atoms with van der Waals surface area (Å²) in [4.78, 5) is 2.43. The highest BCUT2D eigenvalue weighted by molar-refractivity contribution is 6.63. The first kappa shape index (κ1) is 17.9. The average molecular weight is 335 g/mol. The molecule has 2 saturated heterocycles. The van der Waals surface area contributed by atoms with E-state index in [1.807, 2.05) is 6.92 Å². The van der Waals surface area contributed by atoms with Crippen LogP contribution >= 0.6 is 0 Å². The molecule has 0 amide bonds. The van der Waals surface area contributed by atoms with Crippen molar-refractivity contribution in [3.8, 4) is 0 Å². The number of aryl methyl sites for hydroxylation is 1. The summed E-state index contributed by atoms with van der Waals surface area (Å²) >= 11 is 0. The third-order valence-corrected chi connectivity index (χ3v) is 5.66. The van der Waals surface area contributed by atoms with E-state index in [1.54, 1.807) is 0 Å². The Bertz CT molecular complexity index is 578. The molecule has 0 spiro atoms. The number of hydrogen-bond acceptors (Lipinski definition) is 5. The first-order valence-electron chi connectivity index (χ1n) is 8.91. The molecule has 3 rings (SSSR count). The number of morpholine rings is 1. The van der Waals surface area contributed by atoms with E-state index in [0.29, 0.717) is 0 Å². The Labute approximate surface area is 145 Å². The van der Waals surface area contributed by atoms with Gasteiger partial charge in [0.1, 0.15) is 0 Å². The topological polar surface area (TPSA) is 48.8 Å². The second-order valence-corrected chi connectivity index (χ2v) is 7.85. The quantitative estimate of drug-likeness (QED) is 0.772. The van der Waals surface area contributed by atoms with Gasteiger partial charge in [0.2, 0.25) is 0 Å². The maximum atomic E-state index is 6.22. The highest BCUT2D eigenvalue weighted by Gasteiger charge is 2.53. The Morgan fingerprint density at radius 1 is 1.00 bits per heavy atom. The minimum Gasteiger partial charge on any atom is -0.399 e. The van der Waals surface area contributed by atoms with E-state index < -0.39 is 0 Å². The van der Waals surface area contributed by atoms with Crippen LogP contribution in [0.15, 0.2) is 0 Å². The van der Waals surface area contributed by atoms with E-state index in [1.165, 1.54) is 0 Å². The Kier molecular flexibility index (Phi) is 4.81. The van der Waals surface area contributed by atoms with Crippen LogP contribution in [0.2, 0.25) is 0 Å². The molecule has 134 valence electrons. The maximum Gasteiger partial charge on any atom is 0.498 e. The van der Waals surface area contributed by atoms with Crippen LogP contribution in [0.4, 0.5) is 0 Å². The molecule has 1 aromatic heterocycles. The highest BCUT2D eigenvalue weighted by atomic mass is 16.7. The summed E-state index contributed by atoms with van der Waals surface area (Å²) in [6.45, 7) is 18.0. The van der Waals surface area contributed by atoms with Crippen LogP contribution in [0.3, 0.4) is 0 Å². The number of nitrogens with zero attached hydrogens (tertiary/aromatic N) is 3. The summed E-state index contributed by atoms with van der Waals surface area (Å²) in [5, 5.41) is 4.73. The molecule has 0 N–H and O–H groups in total. The van der Waals surface area contributed by atoms with Gasteiger partial charge in [-0.3, -0.25) is 9.58 Å². The van der Waals surface area contributed by atoms with Crippen LogP contribution in [-0.4, -0.2) is 65.8 Å². The standard InChI is InChI=1S/C17H30BN3O3/c1-13-15(18-23-16(3,4)17(5,6)24-18)14(2)21(19-13)8-7-20-9-11-22-12-10-20/h7-12H2,1-6H3. The molecule has 24 heavy (non-hydrogen) atoms. The molecule has 2 aliphatic rings. The molecular formula is C17H30BN3O3. The maximum absolute atomic E-state index is 6.22. The Morgan fingerprint density at radius 3 is 2.17 bits per heavy atom. The van der Waals surface area contributed by atoms with Gasteiger partial charge in [-0.2, -0.15) is 5.10 Å². The zero-order valence-electron chi connectivity index (χ0n) is 15.9. The lowest BCUT2D eigenvalue weighted by molar-refractivity contribution is 0.00578. The fourth-order valence-corrected chi connectivity index (χ4v) is 3.29. The fraction of sp³-hybridized carbons (Fsp3) is 0.824. The fourth-order valence-electron chi connectivity index (χ4n) is 3.29. The molecule has 1 aromatic rings. The van der Waals surface area contributed by atoms with Gasteiger partial charge in [0.15, 0.2) is 0 Å². The molecule has 2 aliphatic heterocycles. The molecule has 2 fully saturated rings. The van der Waals surface area contributed by atoms with E-state index in [0.717, 1.165) is 56.2 Å². The summed E-state index contributed by atoms with van der Waals surface area (Å²) in [6.07, 6.45) is 0. The Hall–Kier alpha value is -0.885. The van der Waals surface area contributed by atoms with Gasteiger partial charge in [-0.25, -0.2) is 0 Å². The van der Waals surface area contributed by atoms with Crippen molar-refractivity contribution in [3.63, 3.8) is 0 Å². The van der Waals surface area contributed by atoms with Crippen LogP contribution < -0.4 is 5.46 Å². The van der Waals surface area contributed by atoms with E-state index in [9.17, 15) is 0 Å². The van der Waals surface area contributed by atoms with Crippen molar-refractivity contribution in [1.29, 1.82) is 0 Å². The summed E-state index contributed by atoms with van der Waals surface area (Å²) < 4.78 is 19.9. The van der Waals surface area contributed by atoms with Crippen LogP contribution in [0.5, 0.6) is 0 Å². The van der Waals surface area contributed by atoms with Crippen molar-refractivity contribution in [3.05, 3.63) is 11.4 Å². The van der Waals surface area contributed by atoms with Crippen LogP contribution in [0.1, 0.15) is 39.1 Å². The van der Waals surface area contributed by atoms with Crippen molar-refractivity contribution in [1.82, 2.24) is 14.7 Å². The molecule has 0 saturated carbocycles. The van der Waals surface area contributed by atoms with Gasteiger partial charge in [0.25, 0.3) is 0 Å². The summed E-state index contributed by atoms with van der Waals surface area (Å²) in [5.41, 5.74) is 2.56. The third-order valence-electron chi connectivity index (χ3n) is 5.66. The average Bonchev–Trinajstić information content (AvgIpc) is 2.90. The van der Waals surface area contributed by atoms with Crippen molar-refractivity contribution < 1.29 is 14.0 Å². The monoisotopic (exact) mass is 335 g/mol. The van der Waals surface area contributed by atoms with Gasteiger partial charge in [-0.05, 0) is 41.5 Å². The van der Waals surface area contributed by atoms with Crippen LogP contribution in [-0.2, 0) is 20.6 Å². The lowest BCUT2D eigenvalue weighted by Crippen LogP contribution is -2.41. The van der Waals surface area contributed by atoms with Crippen molar-refractivity contribution in [2.24, 2.45) is 0 Å². The molecular weight excluding hydrogens is 305 g/mol. The van der Waals surface area contributed by atoms with E-state index in [2.05, 4.69) is 44.2 Å². The van der Waals surface area contributed by atoms with Gasteiger partial charge in [-0.15, -0.1) is 0 Å². The first-order valence-corrected chi connectivity index (χ1v) is 8.91. The second-order valence-electron chi connectivity index (χ2n) is 7.85. The van der Waals surface area contributed by atoms with Gasteiger partial charge in [-0.1, -0.05) is 0 Å². The van der Waals surface area contributed by atoms with Gasteiger partial charge >= 0.3 is 7.12 Å². The van der Waals surface area contributed by atoms with Crippen LogP contribution in [0, 0.1) is 13.8 Å². The van der Waals surface area contributed by atoms with E-state index in [4.69, 9.17) is 19.1 Å². The minimum atomic E-state index is -0.341. The first-order chi connectivity index (χ1) is 11.2. The smallest absolute Gasteiger partial charge is 0.399 e. The van der Waals surface area contributed by atoms with Gasteiger partial charge < -0.3 is 14.0 Å². The molecule has 0 bridgehead atoms. The minimum absolute atomic E-state index is 0.327. The van der Waals surface area contributed by atoms with Crippen molar-refractivity contribution in [2.45, 2.75) is 59.3 Å². The number of ether oxygens (including phenoxy) is 1. The van der Waals surface area contributed by atoms with Gasteiger partial charge in [0, 0.05) is 30.8 Å². The predicted molar refractivity (Wildman–Crippen MR) is 94.7 cm³/mol. The largest absolute Gasteiger partial charge is 0.498 e. The molecule has 0 radical (unpaired) electrons. The summed E-state index contributed by atoms with van der Waals surface area (Å²) in [7, 11) is -0.341. The SMILES string of the molecule is Cc1nn(CCN2CCOCC2)c(C)c1B1OC(C)(C)C(C)(C)O1. The number of aromatic nitrogens is 2. The van der Waals surface area contributed by atoms with Crippen LogP contribution in [0.25, 0.3) is 0 Å². The Morgan fingerprint density at radius 2 is 1.58 bits per heavy atom. The molecule has 0 aliphatic carbocycles.